The van der Waals surface area contributed by atoms with E-state index in [4.69, 9.17) is 4.74 Å². The Morgan fingerprint density at radius 2 is 1.92 bits per heavy atom. The normalized spacial score (nSPS) is 10.5. The second kappa shape index (κ2) is 7.17. The van der Waals surface area contributed by atoms with Gasteiger partial charge < -0.3 is 10.1 Å². The van der Waals surface area contributed by atoms with Crippen LogP contribution in [0.5, 0.6) is 5.75 Å². The number of hydrogen-bond donors (Lipinski definition) is 1. The van der Waals surface area contributed by atoms with E-state index >= 15 is 0 Å². The molecule has 0 radical (unpaired) electrons. The lowest BCUT2D eigenvalue weighted by atomic mass is 10.1. The Balaban J connectivity index is 1.63. The van der Waals surface area contributed by atoms with Crippen LogP contribution >= 0.6 is 0 Å². The number of aromatic nitrogens is 2. The van der Waals surface area contributed by atoms with Gasteiger partial charge in [0.25, 0.3) is 5.91 Å². The van der Waals surface area contributed by atoms with Crippen molar-refractivity contribution in [2.45, 2.75) is 20.6 Å². The number of carbonyl (C=O) groups excluding carboxylic acids is 1. The summed E-state index contributed by atoms with van der Waals surface area (Å²) < 4.78 is 19.9. The highest BCUT2D eigenvalue weighted by Crippen LogP contribution is 2.18. The summed E-state index contributed by atoms with van der Waals surface area (Å²) in [5.41, 5.74) is 3.19. The summed E-state index contributed by atoms with van der Waals surface area (Å²) >= 11 is 0. The highest BCUT2D eigenvalue weighted by molar-refractivity contribution is 6.03. The molecular formula is C19H18FN3O2. The van der Waals surface area contributed by atoms with Crippen LogP contribution in [0, 0.1) is 19.7 Å². The molecule has 0 bridgehead atoms. The minimum absolute atomic E-state index is 0.127. The van der Waals surface area contributed by atoms with Crippen LogP contribution in [0.15, 0.2) is 54.7 Å². The van der Waals surface area contributed by atoms with E-state index in [0.717, 1.165) is 16.8 Å². The third-order valence-electron chi connectivity index (χ3n) is 3.90. The predicted octanol–water partition coefficient (Wildman–Crippen LogP) is 3.93. The van der Waals surface area contributed by atoms with E-state index in [1.165, 1.54) is 28.9 Å². The second-order valence-electron chi connectivity index (χ2n) is 5.67. The number of aryl methyl sites for hydroxylation is 1. The maximum Gasteiger partial charge on any atom is 0.276 e. The molecule has 3 aromatic rings. The van der Waals surface area contributed by atoms with Gasteiger partial charge in [-0.05, 0) is 61.4 Å². The molecule has 3 rings (SSSR count). The van der Waals surface area contributed by atoms with Crippen molar-refractivity contribution in [1.29, 1.82) is 0 Å². The Kier molecular flexibility index (Phi) is 4.79. The molecular weight excluding hydrogens is 321 g/mol. The lowest BCUT2D eigenvalue weighted by Crippen LogP contribution is -2.15. The number of halogens is 1. The number of hydrogen-bond acceptors (Lipinski definition) is 3. The highest BCUT2D eigenvalue weighted by Gasteiger charge is 2.11. The van der Waals surface area contributed by atoms with Gasteiger partial charge in [-0.15, -0.1) is 0 Å². The number of amides is 1. The first-order valence-electron chi connectivity index (χ1n) is 7.82. The van der Waals surface area contributed by atoms with Crippen molar-refractivity contribution in [3.8, 4) is 5.75 Å². The van der Waals surface area contributed by atoms with Gasteiger partial charge in [0.15, 0.2) is 12.4 Å². The van der Waals surface area contributed by atoms with Crippen LogP contribution in [0.25, 0.3) is 0 Å². The largest absolute Gasteiger partial charge is 0.471 e. The van der Waals surface area contributed by atoms with Gasteiger partial charge in [-0.25, -0.2) is 9.07 Å². The Hall–Kier alpha value is -3.15. The monoisotopic (exact) mass is 339 g/mol. The Morgan fingerprint density at radius 1 is 1.16 bits per heavy atom. The molecule has 0 saturated carbocycles. The maximum absolute atomic E-state index is 12.9. The van der Waals surface area contributed by atoms with Gasteiger partial charge >= 0.3 is 0 Å². The predicted molar refractivity (Wildman–Crippen MR) is 93.1 cm³/mol. The molecule has 0 fully saturated rings. The first-order valence-corrected chi connectivity index (χ1v) is 7.82. The fourth-order valence-corrected chi connectivity index (χ4v) is 2.30. The molecule has 2 aromatic carbocycles. The molecule has 128 valence electrons. The first-order chi connectivity index (χ1) is 12.0. The maximum atomic E-state index is 12.9. The molecule has 1 heterocycles. The van der Waals surface area contributed by atoms with Crippen molar-refractivity contribution in [3.63, 3.8) is 0 Å². The van der Waals surface area contributed by atoms with Crippen molar-refractivity contribution >= 4 is 11.6 Å². The van der Waals surface area contributed by atoms with Crippen molar-refractivity contribution in [2.24, 2.45) is 0 Å². The number of nitrogens with zero attached hydrogens (tertiary/aromatic N) is 2. The minimum Gasteiger partial charge on any atom is -0.471 e. The number of nitrogens with one attached hydrogen (secondary N) is 1. The summed E-state index contributed by atoms with van der Waals surface area (Å²) in [6, 6.07) is 13.1. The lowest BCUT2D eigenvalue weighted by molar-refractivity contribution is 0.102. The van der Waals surface area contributed by atoms with Gasteiger partial charge in [-0.1, -0.05) is 12.1 Å². The van der Waals surface area contributed by atoms with E-state index in [1.54, 1.807) is 12.3 Å². The fourth-order valence-electron chi connectivity index (χ4n) is 2.30. The summed E-state index contributed by atoms with van der Waals surface area (Å²) in [4.78, 5) is 12.3. The quantitative estimate of drug-likeness (QED) is 0.766. The van der Waals surface area contributed by atoms with E-state index in [-0.39, 0.29) is 18.5 Å². The van der Waals surface area contributed by atoms with Crippen molar-refractivity contribution in [2.75, 3.05) is 5.32 Å². The molecule has 6 heteroatoms. The van der Waals surface area contributed by atoms with Crippen LogP contribution in [-0.4, -0.2) is 15.7 Å². The zero-order valence-electron chi connectivity index (χ0n) is 14.0. The molecule has 1 amide bonds. The molecule has 25 heavy (non-hydrogen) atoms. The van der Waals surface area contributed by atoms with Crippen LogP contribution in [0.3, 0.4) is 0 Å². The van der Waals surface area contributed by atoms with E-state index in [1.807, 2.05) is 32.0 Å². The van der Waals surface area contributed by atoms with Crippen molar-refractivity contribution in [3.05, 3.63) is 77.4 Å². The summed E-state index contributed by atoms with van der Waals surface area (Å²) in [6.07, 6.45) is 1.65. The first kappa shape index (κ1) is 16.7. The lowest BCUT2D eigenvalue weighted by Gasteiger charge is -2.09. The third-order valence-corrected chi connectivity index (χ3v) is 3.90. The summed E-state index contributed by atoms with van der Waals surface area (Å²) in [6.45, 7) is 4.08. The molecule has 0 spiro atoms. The molecule has 0 aliphatic heterocycles. The van der Waals surface area contributed by atoms with Gasteiger partial charge in [0.2, 0.25) is 0 Å². The van der Waals surface area contributed by atoms with Gasteiger partial charge in [-0.3, -0.25) is 4.79 Å². The Labute approximate surface area is 145 Å². The average Bonchev–Trinajstić information content (AvgIpc) is 3.08. The average molecular weight is 339 g/mol. The Morgan fingerprint density at radius 3 is 2.68 bits per heavy atom. The van der Waals surface area contributed by atoms with E-state index in [9.17, 15) is 9.18 Å². The van der Waals surface area contributed by atoms with E-state index in [2.05, 4.69) is 10.4 Å². The molecule has 0 aliphatic rings. The van der Waals surface area contributed by atoms with Crippen LogP contribution in [0.1, 0.15) is 21.6 Å². The van der Waals surface area contributed by atoms with Gasteiger partial charge in [0.05, 0.1) is 0 Å². The summed E-state index contributed by atoms with van der Waals surface area (Å²) in [5, 5.41) is 7.06. The summed E-state index contributed by atoms with van der Waals surface area (Å²) in [7, 11) is 0. The van der Waals surface area contributed by atoms with Gasteiger partial charge in [-0.2, -0.15) is 5.10 Å². The number of anilines is 1. The molecule has 0 atom stereocenters. The zero-order valence-corrected chi connectivity index (χ0v) is 14.0. The molecule has 1 aromatic heterocycles. The molecule has 1 N–H and O–H groups in total. The third kappa shape index (κ3) is 4.03. The van der Waals surface area contributed by atoms with Gasteiger partial charge in [0, 0.05) is 11.9 Å². The van der Waals surface area contributed by atoms with Crippen molar-refractivity contribution < 1.29 is 13.9 Å². The van der Waals surface area contributed by atoms with Crippen LogP contribution in [0.2, 0.25) is 0 Å². The number of rotatable bonds is 5. The molecule has 0 saturated heterocycles. The highest BCUT2D eigenvalue weighted by atomic mass is 19.1. The SMILES string of the molecule is Cc1cccc(NC(=O)c2ccn(COc3ccc(F)cc3)n2)c1C. The molecule has 0 unspecified atom stereocenters. The minimum atomic E-state index is -0.322. The molecule has 0 aliphatic carbocycles. The topological polar surface area (TPSA) is 56.2 Å². The second-order valence-corrected chi connectivity index (χ2v) is 5.67. The Bertz CT molecular complexity index is 888. The van der Waals surface area contributed by atoms with Crippen molar-refractivity contribution in [1.82, 2.24) is 9.78 Å². The van der Waals surface area contributed by atoms with E-state index < -0.39 is 0 Å². The standard InChI is InChI=1S/C19H18FN3O2/c1-13-4-3-5-17(14(13)2)21-19(24)18-10-11-23(22-18)12-25-16-8-6-15(20)7-9-16/h3-11H,12H2,1-2H3,(H,21,24). The van der Waals surface area contributed by atoms with Gasteiger partial charge in [0.1, 0.15) is 11.6 Å². The number of benzene rings is 2. The smallest absolute Gasteiger partial charge is 0.276 e. The van der Waals surface area contributed by atoms with Crippen LogP contribution in [-0.2, 0) is 6.73 Å². The molecule has 5 nitrogen and oxygen atoms in total. The number of carbonyl (C=O) groups is 1. The van der Waals surface area contributed by atoms with Crippen LogP contribution < -0.4 is 10.1 Å². The zero-order chi connectivity index (χ0) is 17.8. The summed E-state index contributed by atoms with van der Waals surface area (Å²) in [5.74, 6) is -0.0793. The fraction of sp³-hybridized carbons (Fsp3) is 0.158. The van der Waals surface area contributed by atoms with E-state index in [0.29, 0.717) is 11.4 Å². The van der Waals surface area contributed by atoms with Crippen LogP contribution in [0.4, 0.5) is 10.1 Å². The number of ether oxygens (including phenoxy) is 1.